The van der Waals surface area contributed by atoms with Crippen LogP contribution in [0.1, 0.15) is 39.0 Å². The number of nitrogens with one attached hydrogen (secondary N) is 1. The predicted molar refractivity (Wildman–Crippen MR) is 122 cm³/mol. The number of ether oxygens (including phenoxy) is 1. The van der Waals surface area contributed by atoms with Crippen molar-refractivity contribution < 1.29 is 17.9 Å². The molecule has 3 heterocycles. The van der Waals surface area contributed by atoms with E-state index in [1.54, 1.807) is 0 Å². The number of H-pyrrole nitrogens is 1. The number of aromatic nitrogens is 4. The van der Waals surface area contributed by atoms with Crippen molar-refractivity contribution in [1.29, 1.82) is 0 Å². The predicted octanol–water partition coefficient (Wildman–Crippen LogP) is 4.56. The van der Waals surface area contributed by atoms with E-state index in [0.29, 0.717) is 25.3 Å². The van der Waals surface area contributed by atoms with Gasteiger partial charge in [-0.1, -0.05) is 0 Å². The summed E-state index contributed by atoms with van der Waals surface area (Å²) in [6, 6.07) is 7.84. The second-order valence-electron chi connectivity index (χ2n) is 10.1. The SMILES string of the molecule is CC1(Oc2ccc3[nH]nc(-c4cc(N5CCN(CCC(F)(F)F)C6(CC6)C5)ncn4)c3c2)CC1. The third-order valence-corrected chi connectivity index (χ3v) is 7.36. The van der Waals surface area contributed by atoms with Gasteiger partial charge in [0.2, 0.25) is 0 Å². The molecule has 2 aliphatic carbocycles. The maximum absolute atomic E-state index is 12.8. The molecule has 7 nitrogen and oxygen atoms in total. The third kappa shape index (κ3) is 4.19. The maximum Gasteiger partial charge on any atom is 0.390 e. The minimum Gasteiger partial charge on any atom is -0.488 e. The fourth-order valence-electron chi connectivity index (χ4n) is 4.90. The molecule has 2 saturated carbocycles. The molecule has 0 bridgehead atoms. The van der Waals surface area contributed by atoms with Crippen LogP contribution in [0.5, 0.6) is 5.75 Å². The Morgan fingerprint density at radius 1 is 1.09 bits per heavy atom. The van der Waals surface area contributed by atoms with Crippen LogP contribution in [0.2, 0.25) is 0 Å². The maximum atomic E-state index is 12.8. The number of benzene rings is 1. The van der Waals surface area contributed by atoms with Crippen molar-refractivity contribution in [1.82, 2.24) is 25.1 Å². The lowest BCUT2D eigenvalue weighted by Crippen LogP contribution is -2.55. The summed E-state index contributed by atoms with van der Waals surface area (Å²) < 4.78 is 44.4. The monoisotopic (exact) mass is 472 g/mol. The number of aromatic amines is 1. The molecule has 0 atom stereocenters. The van der Waals surface area contributed by atoms with Gasteiger partial charge in [-0.2, -0.15) is 18.3 Å². The van der Waals surface area contributed by atoms with Gasteiger partial charge >= 0.3 is 6.18 Å². The van der Waals surface area contributed by atoms with Crippen LogP contribution >= 0.6 is 0 Å². The van der Waals surface area contributed by atoms with Crippen LogP contribution < -0.4 is 9.64 Å². The molecule has 0 unspecified atom stereocenters. The molecule has 3 fully saturated rings. The first-order valence-electron chi connectivity index (χ1n) is 11.8. The van der Waals surface area contributed by atoms with Crippen LogP contribution in [-0.2, 0) is 0 Å². The van der Waals surface area contributed by atoms with Gasteiger partial charge < -0.3 is 9.64 Å². The molecule has 3 aliphatic rings. The van der Waals surface area contributed by atoms with E-state index >= 15 is 0 Å². The summed E-state index contributed by atoms with van der Waals surface area (Å²) in [5, 5.41) is 8.50. The van der Waals surface area contributed by atoms with E-state index in [4.69, 9.17) is 4.74 Å². The Hall–Kier alpha value is -2.88. The fraction of sp³-hybridized carbons (Fsp3) is 0.542. The van der Waals surface area contributed by atoms with E-state index in [0.717, 1.165) is 53.8 Å². The summed E-state index contributed by atoms with van der Waals surface area (Å²) in [4.78, 5) is 13.1. The highest BCUT2D eigenvalue weighted by molar-refractivity contribution is 5.93. The van der Waals surface area contributed by atoms with Crippen LogP contribution in [0.3, 0.4) is 0 Å². The number of nitrogens with zero attached hydrogens (tertiary/aromatic N) is 5. The van der Waals surface area contributed by atoms with Crippen LogP contribution in [-0.4, -0.2) is 68.6 Å². The van der Waals surface area contributed by atoms with Gasteiger partial charge in [-0.15, -0.1) is 0 Å². The number of fused-ring (bicyclic) bond motifs is 1. The van der Waals surface area contributed by atoms with Crippen molar-refractivity contribution in [2.24, 2.45) is 0 Å². The van der Waals surface area contributed by atoms with Gasteiger partial charge in [0, 0.05) is 43.2 Å². The molecule has 2 aromatic heterocycles. The Bertz CT molecular complexity index is 1220. The molecule has 1 aromatic carbocycles. The Balaban J connectivity index is 1.22. The van der Waals surface area contributed by atoms with E-state index in [9.17, 15) is 13.2 Å². The van der Waals surface area contributed by atoms with Crippen LogP contribution in [0.25, 0.3) is 22.3 Å². The second kappa shape index (κ2) is 7.56. The van der Waals surface area contributed by atoms with Crippen molar-refractivity contribution in [2.75, 3.05) is 31.1 Å². The normalized spacial score (nSPS) is 21.2. The molecular weight excluding hydrogens is 445 g/mol. The van der Waals surface area contributed by atoms with Gasteiger partial charge in [0.1, 0.15) is 29.2 Å². The van der Waals surface area contributed by atoms with Crippen LogP contribution in [0.4, 0.5) is 19.0 Å². The number of halogens is 3. The zero-order chi connectivity index (χ0) is 23.6. The average Bonchev–Trinajstić information content (AvgIpc) is 3.69. The molecule has 6 rings (SSSR count). The highest BCUT2D eigenvalue weighted by atomic mass is 19.4. The Labute approximate surface area is 195 Å². The van der Waals surface area contributed by atoms with Gasteiger partial charge in [0.05, 0.1) is 17.6 Å². The molecule has 34 heavy (non-hydrogen) atoms. The zero-order valence-corrected chi connectivity index (χ0v) is 19.0. The Morgan fingerprint density at radius 2 is 1.91 bits per heavy atom. The molecule has 3 aromatic rings. The molecule has 10 heteroatoms. The number of hydrogen-bond donors (Lipinski definition) is 1. The smallest absolute Gasteiger partial charge is 0.390 e. The van der Waals surface area contributed by atoms with Crippen LogP contribution in [0.15, 0.2) is 30.6 Å². The molecule has 1 spiro atoms. The second-order valence-corrected chi connectivity index (χ2v) is 10.1. The first kappa shape index (κ1) is 21.6. The molecular formula is C24H27F3N6O. The van der Waals surface area contributed by atoms with Gasteiger partial charge in [0.25, 0.3) is 0 Å². The van der Waals surface area contributed by atoms with Crippen molar-refractivity contribution in [2.45, 2.75) is 56.3 Å². The summed E-state index contributed by atoms with van der Waals surface area (Å²) in [5.41, 5.74) is 2.10. The van der Waals surface area contributed by atoms with E-state index in [1.165, 1.54) is 6.33 Å². The molecule has 1 saturated heterocycles. The highest BCUT2D eigenvalue weighted by Crippen LogP contribution is 2.45. The molecule has 0 amide bonds. The van der Waals surface area contributed by atoms with Gasteiger partial charge in [-0.3, -0.25) is 10.00 Å². The quantitative estimate of drug-likeness (QED) is 0.567. The summed E-state index contributed by atoms with van der Waals surface area (Å²) in [5.74, 6) is 1.59. The van der Waals surface area contributed by atoms with Gasteiger partial charge in [-0.25, -0.2) is 9.97 Å². The number of piperazine rings is 1. The van der Waals surface area contributed by atoms with Gasteiger partial charge in [-0.05, 0) is 50.8 Å². The lowest BCUT2D eigenvalue weighted by molar-refractivity contribution is -0.139. The first-order chi connectivity index (χ1) is 16.2. The minimum absolute atomic E-state index is 0.0646. The molecule has 0 radical (unpaired) electrons. The van der Waals surface area contributed by atoms with Crippen molar-refractivity contribution in [3.8, 4) is 17.1 Å². The van der Waals surface area contributed by atoms with Crippen molar-refractivity contribution >= 4 is 16.7 Å². The minimum atomic E-state index is -4.12. The topological polar surface area (TPSA) is 70.2 Å². The number of rotatable bonds is 6. The summed E-state index contributed by atoms with van der Waals surface area (Å²) in [6.07, 6.45) is 0.612. The lowest BCUT2D eigenvalue weighted by Gasteiger charge is -2.42. The number of anilines is 1. The standard InChI is InChI=1S/C24H27F3N6O/c1-22(4-5-22)34-16-2-3-18-17(12-16)21(31-30-18)19-13-20(29-15-28-19)32-10-11-33(9-8-24(25,26)27)23(14-32)6-7-23/h2-3,12-13,15H,4-11,14H2,1H3,(H,30,31). The molecule has 1 aliphatic heterocycles. The zero-order valence-electron chi connectivity index (χ0n) is 19.0. The molecule has 1 N–H and O–H groups in total. The number of alkyl halides is 3. The van der Waals surface area contributed by atoms with E-state index in [2.05, 4.69) is 32.0 Å². The first-order valence-corrected chi connectivity index (χ1v) is 11.8. The average molecular weight is 473 g/mol. The number of hydrogen-bond acceptors (Lipinski definition) is 6. The Kier molecular flexibility index (Phi) is 4.81. The summed E-state index contributed by atoms with van der Waals surface area (Å²) in [6.45, 7) is 4.09. The summed E-state index contributed by atoms with van der Waals surface area (Å²) >= 11 is 0. The van der Waals surface area contributed by atoms with E-state index in [1.807, 2.05) is 29.2 Å². The highest BCUT2D eigenvalue weighted by Gasteiger charge is 2.51. The lowest BCUT2D eigenvalue weighted by atomic mass is 10.1. The summed E-state index contributed by atoms with van der Waals surface area (Å²) in [7, 11) is 0. The Morgan fingerprint density at radius 3 is 2.65 bits per heavy atom. The molecule has 180 valence electrons. The van der Waals surface area contributed by atoms with Crippen molar-refractivity contribution in [3.63, 3.8) is 0 Å². The van der Waals surface area contributed by atoms with E-state index in [-0.39, 0.29) is 17.7 Å². The van der Waals surface area contributed by atoms with Crippen molar-refractivity contribution in [3.05, 3.63) is 30.6 Å². The van der Waals surface area contributed by atoms with E-state index < -0.39 is 12.6 Å². The largest absolute Gasteiger partial charge is 0.488 e. The fourth-order valence-corrected chi connectivity index (χ4v) is 4.90. The van der Waals surface area contributed by atoms with Gasteiger partial charge in [0.15, 0.2) is 0 Å². The van der Waals surface area contributed by atoms with Crippen LogP contribution in [0, 0.1) is 0 Å². The third-order valence-electron chi connectivity index (χ3n) is 7.36.